The van der Waals surface area contributed by atoms with E-state index in [0.717, 1.165) is 0 Å². The van der Waals surface area contributed by atoms with E-state index < -0.39 is 0 Å². The second-order valence-corrected chi connectivity index (χ2v) is 3.34. The minimum absolute atomic E-state index is 0.171. The summed E-state index contributed by atoms with van der Waals surface area (Å²) in [5, 5.41) is 0. The van der Waals surface area contributed by atoms with E-state index in [1.165, 1.54) is 0 Å². The third-order valence-electron chi connectivity index (χ3n) is 1.62. The van der Waals surface area contributed by atoms with E-state index >= 15 is 0 Å². The minimum Gasteiger partial charge on any atom is -0.342 e. The van der Waals surface area contributed by atoms with Gasteiger partial charge in [-0.05, 0) is 27.9 Å². The van der Waals surface area contributed by atoms with Gasteiger partial charge in [-0.15, -0.1) is 0 Å². The van der Waals surface area contributed by atoms with Gasteiger partial charge in [-0.2, -0.15) is 0 Å². The molecule has 0 aromatic rings. The Balaban J connectivity index is 3.83. The molecule has 0 unspecified atom stereocenters. The minimum atomic E-state index is 0.171. The molecule has 0 saturated carbocycles. The maximum Gasteiger partial charge on any atom is 0.236 e. The molecule has 0 bridgehead atoms. The molecule has 0 aliphatic rings. The number of likely N-dealkylation sites (N-methyl/N-ethyl adjacent to an activating group) is 2. The van der Waals surface area contributed by atoms with Crippen LogP contribution in [0, 0.1) is 0 Å². The lowest BCUT2D eigenvalue weighted by Gasteiger charge is -2.23. The molecule has 0 heterocycles. The van der Waals surface area contributed by atoms with Crippen molar-refractivity contribution >= 4 is 5.91 Å². The van der Waals surface area contributed by atoms with Crippen molar-refractivity contribution in [3.8, 4) is 0 Å². The van der Waals surface area contributed by atoms with E-state index in [4.69, 9.17) is 0 Å². The molecule has 0 atom stereocenters. The van der Waals surface area contributed by atoms with Crippen LogP contribution in [0.2, 0.25) is 0 Å². The van der Waals surface area contributed by atoms with Crippen LogP contribution in [0.3, 0.4) is 0 Å². The molecule has 66 valence electrons. The van der Waals surface area contributed by atoms with Crippen molar-refractivity contribution in [2.24, 2.45) is 0 Å². The lowest BCUT2D eigenvalue weighted by molar-refractivity contribution is -0.131. The molecule has 0 aliphatic heterocycles. The standard InChI is InChI=1S/C8H18N2O/c1-7(2)10(5)8(11)6-9(3)4/h7H,6H2,1-5H3. The topological polar surface area (TPSA) is 23.6 Å². The van der Waals surface area contributed by atoms with E-state index in [1.54, 1.807) is 4.90 Å². The maximum absolute atomic E-state index is 11.3. The van der Waals surface area contributed by atoms with Gasteiger partial charge >= 0.3 is 0 Å². The smallest absolute Gasteiger partial charge is 0.236 e. The van der Waals surface area contributed by atoms with Gasteiger partial charge in [-0.3, -0.25) is 4.79 Å². The number of nitrogens with zero attached hydrogens (tertiary/aromatic N) is 2. The molecule has 3 nitrogen and oxygen atoms in total. The predicted molar refractivity (Wildman–Crippen MR) is 46.5 cm³/mol. The highest BCUT2D eigenvalue weighted by molar-refractivity contribution is 5.78. The zero-order valence-electron chi connectivity index (χ0n) is 8.09. The summed E-state index contributed by atoms with van der Waals surface area (Å²) < 4.78 is 0. The van der Waals surface area contributed by atoms with Crippen molar-refractivity contribution in [1.82, 2.24) is 9.80 Å². The fourth-order valence-electron chi connectivity index (χ4n) is 0.670. The van der Waals surface area contributed by atoms with Crippen LogP contribution in [0.4, 0.5) is 0 Å². The SMILES string of the molecule is CC(C)N(C)C(=O)CN(C)C. The van der Waals surface area contributed by atoms with Crippen LogP contribution in [-0.2, 0) is 4.79 Å². The van der Waals surface area contributed by atoms with Crippen molar-refractivity contribution in [2.45, 2.75) is 19.9 Å². The van der Waals surface area contributed by atoms with E-state index in [1.807, 2.05) is 39.9 Å². The van der Waals surface area contributed by atoms with E-state index in [2.05, 4.69) is 0 Å². The Bertz CT molecular complexity index is 132. The highest BCUT2D eigenvalue weighted by atomic mass is 16.2. The molecule has 0 rings (SSSR count). The van der Waals surface area contributed by atoms with Crippen molar-refractivity contribution in [3.63, 3.8) is 0 Å². The first-order chi connectivity index (χ1) is 4.95. The summed E-state index contributed by atoms with van der Waals surface area (Å²) in [5.41, 5.74) is 0. The molecule has 11 heavy (non-hydrogen) atoms. The fourth-order valence-corrected chi connectivity index (χ4v) is 0.670. The van der Waals surface area contributed by atoms with Gasteiger partial charge in [0.25, 0.3) is 0 Å². The summed E-state index contributed by atoms with van der Waals surface area (Å²) in [6, 6.07) is 0.294. The second kappa shape index (κ2) is 4.34. The molecule has 0 aromatic carbocycles. The quantitative estimate of drug-likeness (QED) is 0.594. The highest BCUT2D eigenvalue weighted by Crippen LogP contribution is 1.94. The van der Waals surface area contributed by atoms with Gasteiger partial charge in [-0.1, -0.05) is 0 Å². The third-order valence-corrected chi connectivity index (χ3v) is 1.62. The summed E-state index contributed by atoms with van der Waals surface area (Å²) in [7, 11) is 5.62. The first kappa shape index (κ1) is 10.4. The molecular weight excluding hydrogens is 140 g/mol. The Labute approximate surface area is 69.0 Å². The average Bonchev–Trinajstić information content (AvgIpc) is 1.84. The van der Waals surface area contributed by atoms with E-state index in [9.17, 15) is 4.79 Å². The normalized spacial score (nSPS) is 10.8. The molecule has 0 spiro atoms. The fraction of sp³-hybridized carbons (Fsp3) is 0.875. The number of carbonyl (C=O) groups is 1. The molecule has 1 amide bonds. The lowest BCUT2D eigenvalue weighted by atomic mass is 10.3. The molecule has 0 saturated heterocycles. The number of hydrogen-bond donors (Lipinski definition) is 0. The summed E-state index contributed by atoms with van der Waals surface area (Å²) in [6.45, 7) is 4.51. The molecule has 0 radical (unpaired) electrons. The first-order valence-electron chi connectivity index (χ1n) is 3.85. The van der Waals surface area contributed by atoms with Crippen molar-refractivity contribution < 1.29 is 4.79 Å². The summed E-state index contributed by atoms with van der Waals surface area (Å²) in [6.07, 6.45) is 0. The van der Waals surface area contributed by atoms with Gasteiger partial charge in [0.15, 0.2) is 0 Å². The Morgan fingerprint density at radius 2 is 1.73 bits per heavy atom. The number of hydrogen-bond acceptors (Lipinski definition) is 2. The Morgan fingerprint density at radius 3 is 2.00 bits per heavy atom. The van der Waals surface area contributed by atoms with Gasteiger partial charge in [0.1, 0.15) is 0 Å². The van der Waals surface area contributed by atoms with Crippen LogP contribution < -0.4 is 0 Å². The largest absolute Gasteiger partial charge is 0.342 e. The highest BCUT2D eigenvalue weighted by Gasteiger charge is 2.11. The van der Waals surface area contributed by atoms with Crippen molar-refractivity contribution in [1.29, 1.82) is 0 Å². The van der Waals surface area contributed by atoms with Crippen LogP contribution in [0.5, 0.6) is 0 Å². The van der Waals surface area contributed by atoms with Gasteiger partial charge < -0.3 is 9.80 Å². The van der Waals surface area contributed by atoms with Gasteiger partial charge in [0.05, 0.1) is 6.54 Å². The first-order valence-corrected chi connectivity index (χ1v) is 3.85. The summed E-state index contributed by atoms with van der Waals surface area (Å²) >= 11 is 0. The zero-order chi connectivity index (χ0) is 9.02. The van der Waals surface area contributed by atoms with Gasteiger partial charge in [0, 0.05) is 13.1 Å². The molecule has 0 aromatic heterocycles. The molecule has 3 heteroatoms. The van der Waals surface area contributed by atoms with E-state index in [-0.39, 0.29) is 5.91 Å². The monoisotopic (exact) mass is 158 g/mol. The van der Waals surface area contributed by atoms with Crippen LogP contribution >= 0.6 is 0 Å². The maximum atomic E-state index is 11.3. The van der Waals surface area contributed by atoms with Gasteiger partial charge in [-0.25, -0.2) is 0 Å². The van der Waals surface area contributed by atoms with Crippen molar-refractivity contribution in [3.05, 3.63) is 0 Å². The molecule has 0 N–H and O–H groups in total. The number of carbonyl (C=O) groups excluding carboxylic acids is 1. The Kier molecular flexibility index (Phi) is 4.11. The summed E-state index contributed by atoms with van der Waals surface area (Å²) in [5.74, 6) is 0.171. The Hall–Kier alpha value is -0.570. The van der Waals surface area contributed by atoms with Gasteiger partial charge in [0.2, 0.25) is 5.91 Å². The molecule has 0 fully saturated rings. The number of amides is 1. The lowest BCUT2D eigenvalue weighted by Crippen LogP contribution is -2.39. The van der Waals surface area contributed by atoms with Crippen LogP contribution in [0.1, 0.15) is 13.8 Å². The second-order valence-electron chi connectivity index (χ2n) is 3.34. The number of rotatable bonds is 3. The van der Waals surface area contributed by atoms with Crippen LogP contribution in [0.25, 0.3) is 0 Å². The summed E-state index contributed by atoms with van der Waals surface area (Å²) in [4.78, 5) is 14.9. The average molecular weight is 158 g/mol. The zero-order valence-corrected chi connectivity index (χ0v) is 8.09. The van der Waals surface area contributed by atoms with Crippen LogP contribution in [-0.4, -0.2) is 49.4 Å². The third kappa shape index (κ3) is 3.98. The molecular formula is C8H18N2O. The van der Waals surface area contributed by atoms with E-state index in [0.29, 0.717) is 12.6 Å². The van der Waals surface area contributed by atoms with Crippen molar-refractivity contribution in [2.75, 3.05) is 27.7 Å². The van der Waals surface area contributed by atoms with Crippen LogP contribution in [0.15, 0.2) is 0 Å². The molecule has 0 aliphatic carbocycles. The Morgan fingerprint density at radius 1 is 1.27 bits per heavy atom. The predicted octanol–water partition coefficient (Wildman–Crippen LogP) is 0.415.